The van der Waals surface area contributed by atoms with Gasteiger partial charge in [0.15, 0.2) is 0 Å². The first kappa shape index (κ1) is 17.3. The molecule has 1 aliphatic rings. The monoisotopic (exact) mass is 308 g/mol. The van der Waals surface area contributed by atoms with Crippen LogP contribution in [-0.2, 0) is 10.0 Å². The SMILES string of the molecule is CCCNC(CSC)CC1CCCN(S(C)(=O)=O)C1. The van der Waals surface area contributed by atoms with Crippen molar-refractivity contribution in [2.75, 3.05) is 37.9 Å². The highest BCUT2D eigenvalue weighted by Crippen LogP contribution is 2.23. The van der Waals surface area contributed by atoms with Crippen LogP contribution >= 0.6 is 11.8 Å². The van der Waals surface area contributed by atoms with Gasteiger partial charge in [-0.25, -0.2) is 12.7 Å². The Morgan fingerprint density at radius 1 is 1.47 bits per heavy atom. The molecule has 19 heavy (non-hydrogen) atoms. The molecule has 2 atom stereocenters. The van der Waals surface area contributed by atoms with Crippen LogP contribution in [0.2, 0.25) is 0 Å². The molecule has 114 valence electrons. The maximum absolute atomic E-state index is 11.6. The van der Waals surface area contributed by atoms with Crippen LogP contribution in [0.25, 0.3) is 0 Å². The Balaban J connectivity index is 2.49. The number of piperidine rings is 1. The average Bonchev–Trinajstić information content (AvgIpc) is 2.35. The van der Waals surface area contributed by atoms with Crippen molar-refractivity contribution in [3.8, 4) is 0 Å². The minimum Gasteiger partial charge on any atom is -0.313 e. The standard InChI is InChI=1S/C13H28N2O2S2/c1-4-7-14-13(11-18-2)9-12-6-5-8-15(10-12)19(3,16)17/h12-14H,4-11H2,1-3H3. The highest BCUT2D eigenvalue weighted by atomic mass is 32.2. The summed E-state index contributed by atoms with van der Waals surface area (Å²) in [7, 11) is -3.02. The molecule has 2 unspecified atom stereocenters. The third kappa shape index (κ3) is 6.47. The maximum Gasteiger partial charge on any atom is 0.211 e. The normalized spacial score (nSPS) is 23.4. The zero-order chi connectivity index (χ0) is 14.3. The fourth-order valence-corrected chi connectivity index (χ4v) is 4.28. The fraction of sp³-hybridized carbons (Fsp3) is 1.00. The zero-order valence-corrected chi connectivity index (χ0v) is 14.0. The summed E-state index contributed by atoms with van der Waals surface area (Å²) in [6.45, 7) is 4.63. The molecule has 0 aromatic heterocycles. The highest BCUT2D eigenvalue weighted by Gasteiger charge is 2.27. The molecule has 0 radical (unpaired) electrons. The second-order valence-electron chi connectivity index (χ2n) is 5.47. The van der Waals surface area contributed by atoms with E-state index in [1.807, 2.05) is 11.8 Å². The number of hydrogen-bond acceptors (Lipinski definition) is 4. The molecule has 1 rings (SSSR count). The van der Waals surface area contributed by atoms with Crippen molar-refractivity contribution in [3.63, 3.8) is 0 Å². The largest absolute Gasteiger partial charge is 0.313 e. The van der Waals surface area contributed by atoms with Gasteiger partial charge in [0.25, 0.3) is 0 Å². The predicted octanol–water partition coefficient (Wildman–Crippen LogP) is 1.78. The van der Waals surface area contributed by atoms with E-state index in [0.29, 0.717) is 25.0 Å². The van der Waals surface area contributed by atoms with Crippen molar-refractivity contribution in [1.29, 1.82) is 0 Å². The molecule has 6 heteroatoms. The van der Waals surface area contributed by atoms with Crippen LogP contribution in [0.3, 0.4) is 0 Å². The lowest BCUT2D eigenvalue weighted by atomic mass is 9.93. The number of thioether (sulfide) groups is 1. The molecule has 1 aliphatic heterocycles. The van der Waals surface area contributed by atoms with Crippen LogP contribution in [0.4, 0.5) is 0 Å². The number of rotatable bonds is 8. The number of sulfonamides is 1. The van der Waals surface area contributed by atoms with Gasteiger partial charge in [-0.15, -0.1) is 0 Å². The quantitative estimate of drug-likeness (QED) is 0.742. The zero-order valence-electron chi connectivity index (χ0n) is 12.4. The molecule has 0 amide bonds. The van der Waals surface area contributed by atoms with Crippen LogP contribution in [0, 0.1) is 5.92 Å². The molecule has 0 aromatic carbocycles. The molecule has 4 nitrogen and oxygen atoms in total. The van der Waals surface area contributed by atoms with Crippen molar-refractivity contribution in [1.82, 2.24) is 9.62 Å². The van der Waals surface area contributed by atoms with E-state index in [4.69, 9.17) is 0 Å². The molecule has 0 spiro atoms. The molecule has 1 heterocycles. The molecule has 0 aromatic rings. The van der Waals surface area contributed by atoms with Gasteiger partial charge in [-0.05, 0) is 44.4 Å². The summed E-state index contributed by atoms with van der Waals surface area (Å²) < 4.78 is 24.9. The van der Waals surface area contributed by atoms with E-state index < -0.39 is 10.0 Å². The first-order valence-corrected chi connectivity index (χ1v) is 10.4. The summed E-state index contributed by atoms with van der Waals surface area (Å²) in [5.41, 5.74) is 0. The fourth-order valence-electron chi connectivity index (χ4n) is 2.68. The molecular formula is C13H28N2O2S2. The van der Waals surface area contributed by atoms with E-state index in [2.05, 4.69) is 18.5 Å². The second kappa shape index (κ2) is 8.49. The van der Waals surface area contributed by atoms with E-state index >= 15 is 0 Å². The Labute approximate surface area is 122 Å². The number of nitrogens with one attached hydrogen (secondary N) is 1. The minimum atomic E-state index is -3.02. The lowest BCUT2D eigenvalue weighted by Gasteiger charge is -2.33. The third-order valence-electron chi connectivity index (χ3n) is 3.62. The van der Waals surface area contributed by atoms with Crippen LogP contribution in [0.15, 0.2) is 0 Å². The van der Waals surface area contributed by atoms with Gasteiger partial charge >= 0.3 is 0 Å². The molecular weight excluding hydrogens is 280 g/mol. The minimum absolute atomic E-state index is 0.505. The van der Waals surface area contributed by atoms with Crippen molar-refractivity contribution < 1.29 is 8.42 Å². The van der Waals surface area contributed by atoms with Crippen LogP contribution in [-0.4, -0.2) is 56.7 Å². The van der Waals surface area contributed by atoms with Crippen molar-refractivity contribution in [2.45, 2.75) is 38.6 Å². The average molecular weight is 309 g/mol. The third-order valence-corrected chi connectivity index (χ3v) is 5.62. The van der Waals surface area contributed by atoms with E-state index in [1.54, 1.807) is 4.31 Å². The number of nitrogens with zero attached hydrogens (tertiary/aromatic N) is 1. The van der Waals surface area contributed by atoms with E-state index in [9.17, 15) is 8.42 Å². The van der Waals surface area contributed by atoms with Gasteiger partial charge in [0.1, 0.15) is 0 Å². The van der Waals surface area contributed by atoms with E-state index in [1.165, 1.54) is 6.26 Å². The summed E-state index contributed by atoms with van der Waals surface area (Å²) in [6.07, 6.45) is 7.84. The summed E-state index contributed by atoms with van der Waals surface area (Å²) in [6, 6.07) is 0.513. The van der Waals surface area contributed by atoms with Crippen molar-refractivity contribution in [2.24, 2.45) is 5.92 Å². The second-order valence-corrected chi connectivity index (χ2v) is 8.36. The maximum atomic E-state index is 11.6. The number of hydrogen-bond donors (Lipinski definition) is 1. The Hall–Kier alpha value is 0.220. The summed E-state index contributed by atoms with van der Waals surface area (Å²) >= 11 is 1.86. The van der Waals surface area contributed by atoms with Gasteiger partial charge in [0.05, 0.1) is 6.26 Å². The van der Waals surface area contributed by atoms with Gasteiger partial charge in [-0.1, -0.05) is 6.92 Å². The molecule has 1 saturated heterocycles. The Morgan fingerprint density at radius 3 is 2.79 bits per heavy atom. The van der Waals surface area contributed by atoms with Gasteiger partial charge in [0, 0.05) is 24.9 Å². The van der Waals surface area contributed by atoms with Crippen molar-refractivity contribution >= 4 is 21.8 Å². The molecule has 0 bridgehead atoms. The molecule has 0 aliphatic carbocycles. The summed E-state index contributed by atoms with van der Waals surface area (Å²) in [4.78, 5) is 0. The molecule has 1 N–H and O–H groups in total. The predicted molar refractivity (Wildman–Crippen MR) is 84.2 cm³/mol. The van der Waals surface area contributed by atoms with Crippen LogP contribution in [0.1, 0.15) is 32.6 Å². The molecule has 0 saturated carbocycles. The van der Waals surface area contributed by atoms with E-state index in [-0.39, 0.29) is 0 Å². The lowest BCUT2D eigenvalue weighted by molar-refractivity contribution is 0.242. The lowest BCUT2D eigenvalue weighted by Crippen LogP contribution is -2.42. The Bertz CT molecular complexity index is 347. The van der Waals surface area contributed by atoms with Gasteiger partial charge < -0.3 is 5.32 Å². The highest BCUT2D eigenvalue weighted by molar-refractivity contribution is 7.98. The first-order chi connectivity index (χ1) is 8.97. The van der Waals surface area contributed by atoms with Gasteiger partial charge in [0.2, 0.25) is 10.0 Å². The van der Waals surface area contributed by atoms with Gasteiger partial charge in [-0.3, -0.25) is 0 Å². The van der Waals surface area contributed by atoms with Gasteiger partial charge in [-0.2, -0.15) is 11.8 Å². The smallest absolute Gasteiger partial charge is 0.211 e. The first-order valence-electron chi connectivity index (χ1n) is 7.14. The Kier molecular flexibility index (Phi) is 7.72. The summed E-state index contributed by atoms with van der Waals surface area (Å²) in [5, 5.41) is 3.58. The van der Waals surface area contributed by atoms with E-state index in [0.717, 1.165) is 38.0 Å². The van der Waals surface area contributed by atoms with Crippen LogP contribution < -0.4 is 5.32 Å². The van der Waals surface area contributed by atoms with Crippen molar-refractivity contribution in [3.05, 3.63) is 0 Å². The molecule has 1 fully saturated rings. The topological polar surface area (TPSA) is 49.4 Å². The summed E-state index contributed by atoms with van der Waals surface area (Å²) in [5.74, 6) is 1.61. The Morgan fingerprint density at radius 2 is 2.21 bits per heavy atom. The van der Waals surface area contributed by atoms with Crippen LogP contribution in [0.5, 0.6) is 0 Å².